The molecule has 0 bridgehead atoms. The molecule has 0 aliphatic carbocycles. The lowest BCUT2D eigenvalue weighted by atomic mass is 10.2. The lowest BCUT2D eigenvalue weighted by Gasteiger charge is -2.13. The first-order valence-electron chi connectivity index (χ1n) is 7.61. The minimum Gasteiger partial charge on any atom is -0.357 e. The summed E-state index contributed by atoms with van der Waals surface area (Å²) < 4.78 is 1.91. The first-order chi connectivity index (χ1) is 9.95. The third-order valence-electron chi connectivity index (χ3n) is 3.47. The Morgan fingerprint density at radius 1 is 1.29 bits per heavy atom. The zero-order chi connectivity index (χ0) is 15.8. The van der Waals surface area contributed by atoms with Gasteiger partial charge in [0.2, 0.25) is 0 Å². The number of nitrogens with zero attached hydrogens (tertiary/aromatic N) is 4. The van der Waals surface area contributed by atoms with Crippen molar-refractivity contribution in [2.75, 3.05) is 33.7 Å². The third-order valence-corrected chi connectivity index (χ3v) is 3.47. The van der Waals surface area contributed by atoms with Crippen LogP contribution in [0.5, 0.6) is 0 Å². The summed E-state index contributed by atoms with van der Waals surface area (Å²) in [6, 6.07) is 0. The van der Waals surface area contributed by atoms with Gasteiger partial charge in [-0.1, -0.05) is 0 Å². The molecular formula is C15H30N6. The van der Waals surface area contributed by atoms with Crippen LogP contribution in [0.4, 0.5) is 0 Å². The standard InChI is InChI=1S/C15H30N6/c1-7-16-15(17-9-8-10-20(4)5)18-11-14-12(2)19-21(6)13(14)3/h7-11H2,1-6H3,(H2,16,17,18). The first kappa shape index (κ1) is 17.5. The highest BCUT2D eigenvalue weighted by molar-refractivity contribution is 5.79. The van der Waals surface area contributed by atoms with E-state index in [2.05, 4.69) is 53.6 Å². The number of aryl methyl sites for hydroxylation is 2. The number of rotatable bonds is 7. The van der Waals surface area contributed by atoms with E-state index < -0.39 is 0 Å². The SMILES string of the molecule is CCNC(=NCc1c(C)nn(C)c1C)NCCCN(C)C. The summed E-state index contributed by atoms with van der Waals surface area (Å²) in [5.41, 5.74) is 3.45. The molecule has 0 spiro atoms. The molecule has 0 saturated carbocycles. The van der Waals surface area contributed by atoms with E-state index in [1.807, 2.05) is 18.7 Å². The van der Waals surface area contributed by atoms with Crippen LogP contribution in [0.3, 0.4) is 0 Å². The fourth-order valence-electron chi connectivity index (χ4n) is 2.15. The van der Waals surface area contributed by atoms with Crippen molar-refractivity contribution in [2.45, 2.75) is 33.7 Å². The van der Waals surface area contributed by atoms with Gasteiger partial charge in [-0.25, -0.2) is 4.99 Å². The van der Waals surface area contributed by atoms with E-state index in [0.717, 1.165) is 37.7 Å². The number of aromatic nitrogens is 2. The third kappa shape index (κ3) is 5.75. The van der Waals surface area contributed by atoms with Gasteiger partial charge in [0.25, 0.3) is 0 Å². The molecule has 1 heterocycles. The van der Waals surface area contributed by atoms with Crippen LogP contribution in [-0.2, 0) is 13.6 Å². The molecular weight excluding hydrogens is 264 g/mol. The fourth-order valence-corrected chi connectivity index (χ4v) is 2.15. The van der Waals surface area contributed by atoms with Crippen LogP contribution in [0.1, 0.15) is 30.3 Å². The van der Waals surface area contributed by atoms with Crippen LogP contribution < -0.4 is 10.6 Å². The van der Waals surface area contributed by atoms with Gasteiger partial charge in [-0.15, -0.1) is 0 Å². The number of hydrogen-bond acceptors (Lipinski definition) is 3. The predicted octanol–water partition coefficient (Wildman–Crippen LogP) is 1.04. The molecule has 120 valence electrons. The highest BCUT2D eigenvalue weighted by Crippen LogP contribution is 2.12. The van der Waals surface area contributed by atoms with Crippen LogP contribution >= 0.6 is 0 Å². The lowest BCUT2D eigenvalue weighted by molar-refractivity contribution is 0.399. The molecule has 0 atom stereocenters. The van der Waals surface area contributed by atoms with Crippen molar-refractivity contribution in [3.63, 3.8) is 0 Å². The first-order valence-corrected chi connectivity index (χ1v) is 7.61. The number of nitrogens with one attached hydrogen (secondary N) is 2. The Labute approximate surface area is 128 Å². The summed E-state index contributed by atoms with van der Waals surface area (Å²) in [5.74, 6) is 0.874. The molecule has 1 aromatic heterocycles. The zero-order valence-electron chi connectivity index (χ0n) is 14.3. The van der Waals surface area contributed by atoms with Crippen LogP contribution in [0.25, 0.3) is 0 Å². The maximum atomic E-state index is 4.66. The van der Waals surface area contributed by atoms with Gasteiger partial charge in [0.05, 0.1) is 12.2 Å². The van der Waals surface area contributed by atoms with Crippen molar-refractivity contribution in [1.29, 1.82) is 0 Å². The van der Waals surface area contributed by atoms with Crippen molar-refractivity contribution in [3.05, 3.63) is 17.0 Å². The van der Waals surface area contributed by atoms with E-state index in [9.17, 15) is 0 Å². The average Bonchev–Trinajstić information content (AvgIpc) is 2.65. The van der Waals surface area contributed by atoms with Crippen LogP contribution in [0, 0.1) is 13.8 Å². The number of aliphatic imine (C=N–C) groups is 1. The Hall–Kier alpha value is -1.56. The van der Waals surface area contributed by atoms with Gasteiger partial charge in [0.1, 0.15) is 0 Å². The molecule has 0 unspecified atom stereocenters. The highest BCUT2D eigenvalue weighted by Gasteiger charge is 2.08. The minimum atomic E-state index is 0.661. The predicted molar refractivity (Wildman–Crippen MR) is 88.7 cm³/mol. The van der Waals surface area contributed by atoms with Gasteiger partial charge >= 0.3 is 0 Å². The Bertz CT molecular complexity index is 461. The molecule has 0 radical (unpaired) electrons. The van der Waals surface area contributed by atoms with E-state index in [0.29, 0.717) is 6.54 Å². The molecule has 0 saturated heterocycles. The smallest absolute Gasteiger partial charge is 0.191 e. The largest absolute Gasteiger partial charge is 0.357 e. The molecule has 0 aliphatic rings. The van der Waals surface area contributed by atoms with Gasteiger partial charge in [0.15, 0.2) is 5.96 Å². The summed E-state index contributed by atoms with van der Waals surface area (Å²) in [4.78, 5) is 6.85. The number of hydrogen-bond donors (Lipinski definition) is 2. The summed E-state index contributed by atoms with van der Waals surface area (Å²) >= 11 is 0. The van der Waals surface area contributed by atoms with Crippen molar-refractivity contribution in [2.24, 2.45) is 12.0 Å². The second-order valence-electron chi connectivity index (χ2n) is 5.55. The maximum Gasteiger partial charge on any atom is 0.191 e. The summed E-state index contributed by atoms with van der Waals surface area (Å²) in [6.45, 7) is 9.73. The summed E-state index contributed by atoms with van der Waals surface area (Å²) in [6.07, 6.45) is 1.10. The van der Waals surface area contributed by atoms with Crippen molar-refractivity contribution in [3.8, 4) is 0 Å². The van der Waals surface area contributed by atoms with E-state index in [1.54, 1.807) is 0 Å². The molecule has 1 aromatic rings. The molecule has 6 nitrogen and oxygen atoms in total. The summed E-state index contributed by atoms with van der Waals surface area (Å²) in [7, 11) is 6.15. The van der Waals surface area contributed by atoms with Gasteiger partial charge in [-0.3, -0.25) is 4.68 Å². The Morgan fingerprint density at radius 2 is 2.00 bits per heavy atom. The van der Waals surface area contributed by atoms with Crippen LogP contribution in [-0.4, -0.2) is 54.4 Å². The Balaban J connectivity index is 2.58. The molecule has 0 aromatic carbocycles. The minimum absolute atomic E-state index is 0.661. The second-order valence-corrected chi connectivity index (χ2v) is 5.55. The molecule has 2 N–H and O–H groups in total. The molecule has 0 fully saturated rings. The summed E-state index contributed by atoms with van der Waals surface area (Å²) in [5, 5.41) is 11.1. The molecule has 6 heteroatoms. The molecule has 1 rings (SSSR count). The zero-order valence-corrected chi connectivity index (χ0v) is 14.3. The molecule has 0 aliphatic heterocycles. The van der Waals surface area contributed by atoms with Crippen LogP contribution in [0.2, 0.25) is 0 Å². The van der Waals surface area contributed by atoms with E-state index >= 15 is 0 Å². The van der Waals surface area contributed by atoms with E-state index in [4.69, 9.17) is 0 Å². The van der Waals surface area contributed by atoms with Crippen molar-refractivity contribution >= 4 is 5.96 Å². The van der Waals surface area contributed by atoms with Crippen LogP contribution in [0.15, 0.2) is 4.99 Å². The van der Waals surface area contributed by atoms with Gasteiger partial charge < -0.3 is 15.5 Å². The highest BCUT2D eigenvalue weighted by atomic mass is 15.3. The molecule has 0 amide bonds. The lowest BCUT2D eigenvalue weighted by Crippen LogP contribution is -2.38. The number of guanidine groups is 1. The normalized spacial score (nSPS) is 12.0. The quantitative estimate of drug-likeness (QED) is 0.448. The van der Waals surface area contributed by atoms with Crippen molar-refractivity contribution in [1.82, 2.24) is 25.3 Å². The average molecular weight is 294 g/mol. The van der Waals surface area contributed by atoms with E-state index in [1.165, 1.54) is 11.3 Å². The Morgan fingerprint density at radius 3 is 2.52 bits per heavy atom. The fraction of sp³-hybridized carbons (Fsp3) is 0.733. The second kappa shape index (κ2) is 8.67. The van der Waals surface area contributed by atoms with Gasteiger partial charge in [0, 0.05) is 31.4 Å². The molecule has 21 heavy (non-hydrogen) atoms. The van der Waals surface area contributed by atoms with Gasteiger partial charge in [-0.2, -0.15) is 5.10 Å². The topological polar surface area (TPSA) is 57.5 Å². The Kier molecular flexibility index (Phi) is 7.22. The van der Waals surface area contributed by atoms with E-state index in [-0.39, 0.29) is 0 Å². The monoisotopic (exact) mass is 294 g/mol. The maximum absolute atomic E-state index is 4.66. The van der Waals surface area contributed by atoms with Gasteiger partial charge in [-0.05, 0) is 47.8 Å². The van der Waals surface area contributed by atoms with Crippen molar-refractivity contribution < 1.29 is 0 Å².